The Hall–Kier alpha value is -3.39. The Labute approximate surface area is 154 Å². The second-order valence-electron chi connectivity index (χ2n) is 6.35. The molecule has 0 atom stereocenters. The van der Waals surface area contributed by atoms with Gasteiger partial charge in [0.2, 0.25) is 17.1 Å². The molecular weight excluding hydrogens is 316 g/mol. The maximum absolute atomic E-state index is 6.58. The molecule has 0 radical (unpaired) electrons. The summed E-state index contributed by atoms with van der Waals surface area (Å²) in [5.41, 5.74) is 14.0. The van der Waals surface area contributed by atoms with Gasteiger partial charge in [-0.05, 0) is 17.7 Å². The lowest BCUT2D eigenvalue weighted by molar-refractivity contribution is -0.590. The van der Waals surface area contributed by atoms with E-state index in [-0.39, 0.29) is 0 Å². The van der Waals surface area contributed by atoms with E-state index < -0.39 is 0 Å². The van der Waals surface area contributed by atoms with Gasteiger partial charge in [0.05, 0.1) is 0 Å². The Morgan fingerprint density at radius 2 is 1.15 bits per heavy atom. The molecule has 0 aliphatic carbocycles. The van der Waals surface area contributed by atoms with Gasteiger partial charge >= 0.3 is 0 Å². The van der Waals surface area contributed by atoms with Crippen molar-refractivity contribution >= 4 is 5.69 Å². The number of rotatable bonds is 3. The Morgan fingerprint density at radius 3 is 1.73 bits per heavy atom. The van der Waals surface area contributed by atoms with Gasteiger partial charge in [-0.3, -0.25) is 0 Å². The Morgan fingerprint density at radius 1 is 0.654 bits per heavy atom. The van der Waals surface area contributed by atoms with Gasteiger partial charge in [0.15, 0.2) is 0 Å². The van der Waals surface area contributed by atoms with Crippen molar-refractivity contribution in [1.82, 2.24) is 0 Å². The molecule has 126 valence electrons. The first kappa shape index (κ1) is 16.1. The molecule has 0 saturated carbocycles. The molecule has 4 rings (SSSR count). The van der Waals surface area contributed by atoms with Crippen LogP contribution >= 0.6 is 0 Å². The SMILES string of the molecule is Cc1c(N)c(-c2ccccc2)cc(-c2ccccc2)[n+]1-c1ccccc1. The molecule has 0 saturated heterocycles. The fourth-order valence-electron chi connectivity index (χ4n) is 3.36. The zero-order valence-corrected chi connectivity index (χ0v) is 14.8. The molecule has 1 heterocycles. The lowest BCUT2D eigenvalue weighted by Gasteiger charge is -2.13. The van der Waals surface area contributed by atoms with Gasteiger partial charge in [-0.1, -0.05) is 66.7 Å². The summed E-state index contributed by atoms with van der Waals surface area (Å²) in [6.07, 6.45) is 0. The number of hydrogen-bond acceptors (Lipinski definition) is 1. The van der Waals surface area contributed by atoms with Gasteiger partial charge in [0.25, 0.3) is 0 Å². The smallest absolute Gasteiger partial charge is 0.219 e. The lowest BCUT2D eigenvalue weighted by atomic mass is 9.99. The van der Waals surface area contributed by atoms with Gasteiger partial charge in [0.1, 0.15) is 5.69 Å². The molecule has 3 aromatic carbocycles. The third-order valence-electron chi connectivity index (χ3n) is 4.71. The van der Waals surface area contributed by atoms with Crippen molar-refractivity contribution in [2.24, 2.45) is 0 Å². The largest absolute Gasteiger partial charge is 0.393 e. The summed E-state index contributed by atoms with van der Waals surface area (Å²) in [5.74, 6) is 0. The third-order valence-corrected chi connectivity index (χ3v) is 4.71. The van der Waals surface area contributed by atoms with Crippen molar-refractivity contribution in [1.29, 1.82) is 0 Å². The molecule has 0 aliphatic rings. The highest BCUT2D eigenvalue weighted by atomic mass is 15.0. The maximum Gasteiger partial charge on any atom is 0.219 e. The number of nitrogens with zero attached hydrogens (tertiary/aromatic N) is 1. The number of anilines is 1. The molecule has 2 nitrogen and oxygen atoms in total. The Kier molecular flexibility index (Phi) is 4.24. The standard InChI is InChI=1S/C24H21N2/c1-18-24(25)22(19-11-5-2-6-12-19)17-23(20-13-7-3-8-14-20)26(18)21-15-9-4-10-16-21/h2-17H,25H2,1H3/q+1. The van der Waals surface area contributed by atoms with Gasteiger partial charge in [-0.25, -0.2) is 0 Å². The van der Waals surface area contributed by atoms with Crippen molar-refractivity contribution in [3.8, 4) is 28.1 Å². The maximum atomic E-state index is 6.58. The molecule has 2 heteroatoms. The van der Waals surface area contributed by atoms with E-state index >= 15 is 0 Å². The van der Waals surface area contributed by atoms with Crippen LogP contribution in [0.25, 0.3) is 28.1 Å². The normalized spacial score (nSPS) is 10.7. The first-order valence-electron chi connectivity index (χ1n) is 8.77. The first-order chi connectivity index (χ1) is 12.8. The van der Waals surface area contributed by atoms with Crippen LogP contribution in [0.2, 0.25) is 0 Å². The highest BCUT2D eigenvalue weighted by molar-refractivity contribution is 5.80. The average molecular weight is 337 g/mol. The van der Waals surface area contributed by atoms with Crippen LogP contribution in [0.5, 0.6) is 0 Å². The van der Waals surface area contributed by atoms with Crippen molar-refractivity contribution in [3.63, 3.8) is 0 Å². The predicted octanol–water partition coefficient (Wildman–Crippen LogP) is 5.19. The summed E-state index contributed by atoms with van der Waals surface area (Å²) in [6.45, 7) is 2.08. The van der Waals surface area contributed by atoms with Gasteiger partial charge in [-0.15, -0.1) is 0 Å². The summed E-state index contributed by atoms with van der Waals surface area (Å²) < 4.78 is 2.23. The second-order valence-corrected chi connectivity index (χ2v) is 6.35. The monoisotopic (exact) mass is 337 g/mol. The predicted molar refractivity (Wildman–Crippen MR) is 108 cm³/mol. The topological polar surface area (TPSA) is 29.9 Å². The van der Waals surface area contributed by atoms with E-state index in [1.54, 1.807) is 0 Å². The second kappa shape index (κ2) is 6.85. The molecular formula is C24H21N2+. The van der Waals surface area contributed by atoms with Gasteiger partial charge < -0.3 is 5.73 Å². The fourth-order valence-corrected chi connectivity index (χ4v) is 3.36. The molecule has 0 unspecified atom stereocenters. The summed E-state index contributed by atoms with van der Waals surface area (Å²) in [4.78, 5) is 0. The lowest BCUT2D eigenvalue weighted by Crippen LogP contribution is -2.38. The highest BCUT2D eigenvalue weighted by Crippen LogP contribution is 2.31. The van der Waals surface area contributed by atoms with Crippen LogP contribution in [0.1, 0.15) is 5.69 Å². The minimum absolute atomic E-state index is 0.805. The van der Waals surface area contributed by atoms with Crippen LogP contribution < -0.4 is 10.3 Å². The molecule has 0 amide bonds. The zero-order valence-electron chi connectivity index (χ0n) is 14.8. The Balaban J connectivity index is 2.05. The van der Waals surface area contributed by atoms with Gasteiger partial charge in [0, 0.05) is 36.2 Å². The minimum Gasteiger partial charge on any atom is -0.393 e. The molecule has 2 N–H and O–H groups in total. The van der Waals surface area contributed by atoms with Crippen LogP contribution in [0.3, 0.4) is 0 Å². The Bertz CT molecular complexity index is 1020. The molecule has 26 heavy (non-hydrogen) atoms. The summed E-state index contributed by atoms with van der Waals surface area (Å²) >= 11 is 0. The summed E-state index contributed by atoms with van der Waals surface area (Å²) in [5, 5.41) is 0. The van der Waals surface area contributed by atoms with Crippen LogP contribution in [0, 0.1) is 6.92 Å². The van der Waals surface area contributed by atoms with Crippen molar-refractivity contribution in [2.45, 2.75) is 6.92 Å². The molecule has 0 aliphatic heterocycles. The number of benzene rings is 3. The number of para-hydroxylation sites is 1. The van der Waals surface area contributed by atoms with Crippen LogP contribution in [0.15, 0.2) is 97.1 Å². The number of aromatic nitrogens is 1. The average Bonchev–Trinajstić information content (AvgIpc) is 2.72. The van der Waals surface area contributed by atoms with E-state index in [2.05, 4.69) is 78.2 Å². The van der Waals surface area contributed by atoms with E-state index in [1.165, 1.54) is 0 Å². The van der Waals surface area contributed by atoms with E-state index in [4.69, 9.17) is 5.73 Å². The first-order valence-corrected chi connectivity index (χ1v) is 8.77. The summed E-state index contributed by atoms with van der Waals surface area (Å²) in [6, 6.07) is 33.3. The van der Waals surface area contributed by atoms with E-state index in [1.807, 2.05) is 30.3 Å². The molecule has 0 spiro atoms. The minimum atomic E-state index is 0.805. The highest BCUT2D eigenvalue weighted by Gasteiger charge is 2.24. The van der Waals surface area contributed by atoms with E-state index in [9.17, 15) is 0 Å². The number of nitrogen functional groups attached to an aromatic ring is 1. The molecule has 4 aromatic rings. The van der Waals surface area contributed by atoms with E-state index in [0.717, 1.165) is 39.5 Å². The summed E-state index contributed by atoms with van der Waals surface area (Å²) in [7, 11) is 0. The molecule has 0 bridgehead atoms. The van der Waals surface area contributed by atoms with Crippen LogP contribution in [0.4, 0.5) is 5.69 Å². The number of hydrogen-bond donors (Lipinski definition) is 1. The van der Waals surface area contributed by atoms with Crippen LogP contribution in [-0.2, 0) is 0 Å². The quantitative estimate of drug-likeness (QED) is 0.512. The number of nitrogens with two attached hydrogens (primary N) is 1. The van der Waals surface area contributed by atoms with Crippen molar-refractivity contribution < 1.29 is 4.57 Å². The van der Waals surface area contributed by atoms with Gasteiger partial charge in [-0.2, -0.15) is 4.57 Å². The fraction of sp³-hybridized carbons (Fsp3) is 0.0417. The van der Waals surface area contributed by atoms with Crippen LogP contribution in [-0.4, -0.2) is 0 Å². The van der Waals surface area contributed by atoms with Crippen molar-refractivity contribution in [2.75, 3.05) is 5.73 Å². The number of pyridine rings is 1. The van der Waals surface area contributed by atoms with Crippen molar-refractivity contribution in [3.05, 3.63) is 103 Å². The molecule has 0 fully saturated rings. The molecule has 1 aromatic heterocycles. The van der Waals surface area contributed by atoms with E-state index in [0.29, 0.717) is 0 Å². The third kappa shape index (κ3) is 2.86. The zero-order chi connectivity index (χ0) is 17.9.